The monoisotopic (exact) mass is 240 g/mol. The number of rotatable bonds is 2. The van der Waals surface area contributed by atoms with Gasteiger partial charge in [-0.25, -0.2) is 9.78 Å². The molecule has 0 aliphatic heterocycles. The molecule has 0 radical (unpaired) electrons. The first kappa shape index (κ1) is 12.6. The molecule has 0 fully saturated rings. The molecule has 0 atom stereocenters. The lowest BCUT2D eigenvalue weighted by Crippen LogP contribution is -2.22. The van der Waals surface area contributed by atoms with Crippen LogP contribution in [0.25, 0.3) is 6.08 Å². The summed E-state index contributed by atoms with van der Waals surface area (Å²) in [4.78, 5) is 19.1. The van der Waals surface area contributed by atoms with E-state index in [-0.39, 0.29) is 5.15 Å². The summed E-state index contributed by atoms with van der Waals surface area (Å²) in [5.41, 5.74) is 0.0138. The number of esters is 1. The molecule has 0 bridgehead atoms. The molecule has 1 aromatic heterocycles. The van der Waals surface area contributed by atoms with Gasteiger partial charge in [-0.15, -0.1) is 0 Å². The molecule has 0 aliphatic carbocycles. The summed E-state index contributed by atoms with van der Waals surface area (Å²) in [6, 6.07) is 0. The predicted octanol–water partition coefficient (Wildman–Crippen LogP) is 2.48. The zero-order valence-electron chi connectivity index (χ0n) is 9.40. The number of hydrogen-bond donors (Lipinski definition) is 0. The molecule has 0 N–H and O–H groups in total. The zero-order chi connectivity index (χ0) is 12.2. The summed E-state index contributed by atoms with van der Waals surface area (Å²) in [6.07, 6.45) is 5.73. The van der Waals surface area contributed by atoms with Crippen LogP contribution >= 0.6 is 11.6 Å². The minimum atomic E-state index is -0.499. The van der Waals surface area contributed by atoms with Crippen LogP contribution in [0.2, 0.25) is 5.15 Å². The number of aromatic nitrogens is 2. The van der Waals surface area contributed by atoms with Crippen LogP contribution in [0.15, 0.2) is 18.5 Å². The Labute approximate surface area is 99.3 Å². The van der Waals surface area contributed by atoms with E-state index in [0.29, 0.717) is 5.69 Å². The van der Waals surface area contributed by atoms with Crippen molar-refractivity contribution in [3.63, 3.8) is 0 Å². The molecule has 1 heterocycles. The van der Waals surface area contributed by atoms with Crippen LogP contribution in [0.4, 0.5) is 0 Å². The number of ether oxygens (including phenoxy) is 1. The highest BCUT2D eigenvalue weighted by Crippen LogP contribution is 2.08. The molecule has 5 heteroatoms. The van der Waals surface area contributed by atoms with E-state index >= 15 is 0 Å². The molecule has 0 aromatic carbocycles. The van der Waals surface area contributed by atoms with Gasteiger partial charge in [-0.05, 0) is 26.8 Å². The van der Waals surface area contributed by atoms with Crippen LogP contribution in [0, 0.1) is 0 Å². The van der Waals surface area contributed by atoms with E-state index in [1.165, 1.54) is 24.5 Å². The van der Waals surface area contributed by atoms with Crippen molar-refractivity contribution in [1.29, 1.82) is 0 Å². The maximum absolute atomic E-state index is 11.3. The van der Waals surface area contributed by atoms with Crippen molar-refractivity contribution in [2.24, 2.45) is 0 Å². The smallest absolute Gasteiger partial charge is 0.331 e. The van der Waals surface area contributed by atoms with Crippen molar-refractivity contribution >= 4 is 23.6 Å². The number of carbonyl (C=O) groups is 1. The van der Waals surface area contributed by atoms with Gasteiger partial charge in [0.05, 0.1) is 18.1 Å². The summed E-state index contributed by atoms with van der Waals surface area (Å²) in [7, 11) is 0. The SMILES string of the molecule is CC(C)(C)OC(=O)/C=C/c1cncc(Cl)n1. The summed E-state index contributed by atoms with van der Waals surface area (Å²) in [6.45, 7) is 5.41. The van der Waals surface area contributed by atoms with E-state index in [2.05, 4.69) is 9.97 Å². The first-order valence-corrected chi connectivity index (χ1v) is 5.13. The van der Waals surface area contributed by atoms with Gasteiger partial charge in [-0.2, -0.15) is 0 Å². The Morgan fingerprint density at radius 3 is 2.69 bits per heavy atom. The average molecular weight is 241 g/mol. The fraction of sp³-hybridized carbons (Fsp3) is 0.364. The minimum Gasteiger partial charge on any atom is -0.457 e. The average Bonchev–Trinajstić information content (AvgIpc) is 2.12. The molecule has 0 spiro atoms. The highest BCUT2D eigenvalue weighted by Gasteiger charge is 2.13. The lowest BCUT2D eigenvalue weighted by Gasteiger charge is -2.17. The van der Waals surface area contributed by atoms with Gasteiger partial charge in [0.1, 0.15) is 10.8 Å². The fourth-order valence-electron chi connectivity index (χ4n) is 0.926. The van der Waals surface area contributed by atoms with Gasteiger partial charge in [-0.1, -0.05) is 11.6 Å². The van der Waals surface area contributed by atoms with Crippen LogP contribution in [-0.2, 0) is 9.53 Å². The standard InChI is InChI=1S/C11H13ClN2O2/c1-11(2,3)16-10(15)5-4-8-6-13-7-9(12)14-8/h4-7H,1-3H3/b5-4+. The molecule has 4 nitrogen and oxygen atoms in total. The normalized spacial score (nSPS) is 11.8. The zero-order valence-corrected chi connectivity index (χ0v) is 10.2. The molecular formula is C11H13ClN2O2. The first-order chi connectivity index (χ1) is 7.37. The topological polar surface area (TPSA) is 52.1 Å². The van der Waals surface area contributed by atoms with Crippen LogP contribution in [0.5, 0.6) is 0 Å². The Bertz CT molecular complexity index is 411. The van der Waals surface area contributed by atoms with Gasteiger partial charge in [0.15, 0.2) is 0 Å². The van der Waals surface area contributed by atoms with Crippen molar-refractivity contribution in [3.05, 3.63) is 29.3 Å². The molecule has 0 saturated carbocycles. The molecule has 16 heavy (non-hydrogen) atoms. The van der Waals surface area contributed by atoms with E-state index in [9.17, 15) is 4.79 Å². The Kier molecular flexibility index (Phi) is 4.01. The van der Waals surface area contributed by atoms with E-state index < -0.39 is 11.6 Å². The van der Waals surface area contributed by atoms with E-state index in [1.807, 2.05) is 0 Å². The lowest BCUT2D eigenvalue weighted by molar-refractivity contribution is -0.148. The summed E-state index contributed by atoms with van der Waals surface area (Å²) in [5.74, 6) is -0.422. The van der Waals surface area contributed by atoms with Gasteiger partial charge < -0.3 is 4.74 Å². The molecule has 1 rings (SSSR count). The van der Waals surface area contributed by atoms with Crippen LogP contribution in [-0.4, -0.2) is 21.5 Å². The van der Waals surface area contributed by atoms with E-state index in [0.717, 1.165) is 0 Å². The predicted molar refractivity (Wildman–Crippen MR) is 61.9 cm³/mol. The van der Waals surface area contributed by atoms with E-state index in [1.54, 1.807) is 20.8 Å². The van der Waals surface area contributed by atoms with Gasteiger partial charge >= 0.3 is 5.97 Å². The lowest BCUT2D eigenvalue weighted by atomic mass is 10.2. The highest BCUT2D eigenvalue weighted by atomic mass is 35.5. The number of nitrogens with zero attached hydrogens (tertiary/aromatic N) is 2. The van der Waals surface area contributed by atoms with Crippen molar-refractivity contribution in [2.45, 2.75) is 26.4 Å². The van der Waals surface area contributed by atoms with Crippen LogP contribution < -0.4 is 0 Å². The molecule has 0 saturated heterocycles. The number of carbonyl (C=O) groups excluding carboxylic acids is 1. The van der Waals surface area contributed by atoms with Gasteiger partial charge in [0.2, 0.25) is 0 Å². The van der Waals surface area contributed by atoms with Crippen LogP contribution in [0.3, 0.4) is 0 Å². The Morgan fingerprint density at radius 2 is 2.12 bits per heavy atom. The molecular weight excluding hydrogens is 228 g/mol. The summed E-state index contributed by atoms with van der Waals surface area (Å²) >= 11 is 5.64. The largest absolute Gasteiger partial charge is 0.457 e. The van der Waals surface area contributed by atoms with Crippen molar-refractivity contribution < 1.29 is 9.53 Å². The molecule has 0 unspecified atom stereocenters. The first-order valence-electron chi connectivity index (χ1n) is 4.75. The Hall–Kier alpha value is -1.42. The van der Waals surface area contributed by atoms with Gasteiger partial charge in [0.25, 0.3) is 0 Å². The fourth-order valence-corrected chi connectivity index (χ4v) is 1.08. The summed E-state index contributed by atoms with van der Waals surface area (Å²) < 4.78 is 5.08. The van der Waals surface area contributed by atoms with Gasteiger partial charge in [0, 0.05) is 6.08 Å². The second-order valence-corrected chi connectivity index (χ2v) is 4.52. The minimum absolute atomic E-state index is 0.284. The van der Waals surface area contributed by atoms with Gasteiger partial charge in [-0.3, -0.25) is 4.98 Å². The quantitative estimate of drug-likeness (QED) is 0.589. The maximum Gasteiger partial charge on any atom is 0.331 e. The van der Waals surface area contributed by atoms with Crippen molar-refractivity contribution in [1.82, 2.24) is 9.97 Å². The molecule has 1 aromatic rings. The Morgan fingerprint density at radius 1 is 1.44 bits per heavy atom. The number of halogens is 1. The highest BCUT2D eigenvalue weighted by molar-refractivity contribution is 6.29. The molecule has 86 valence electrons. The third kappa shape index (κ3) is 4.89. The number of hydrogen-bond acceptors (Lipinski definition) is 4. The maximum atomic E-state index is 11.3. The second-order valence-electron chi connectivity index (χ2n) is 4.13. The second kappa shape index (κ2) is 5.07. The third-order valence-electron chi connectivity index (χ3n) is 1.42. The van der Waals surface area contributed by atoms with Crippen molar-refractivity contribution in [2.75, 3.05) is 0 Å². The molecule has 0 amide bonds. The Balaban J connectivity index is 2.64. The molecule has 0 aliphatic rings. The van der Waals surface area contributed by atoms with E-state index in [4.69, 9.17) is 16.3 Å². The summed E-state index contributed by atoms with van der Waals surface area (Å²) in [5, 5.41) is 0.284. The van der Waals surface area contributed by atoms with Crippen molar-refractivity contribution in [3.8, 4) is 0 Å². The third-order valence-corrected chi connectivity index (χ3v) is 1.60. The van der Waals surface area contributed by atoms with Crippen LogP contribution in [0.1, 0.15) is 26.5 Å².